The van der Waals surface area contributed by atoms with Crippen LogP contribution in [0, 0.1) is 0 Å². The second kappa shape index (κ2) is 11.2. The summed E-state index contributed by atoms with van der Waals surface area (Å²) in [5, 5.41) is 11.6. The van der Waals surface area contributed by atoms with Crippen LogP contribution >= 0.6 is 23.4 Å². The normalized spacial score (nSPS) is 19.9. The van der Waals surface area contributed by atoms with Gasteiger partial charge in [-0.1, -0.05) is 11.6 Å². The third-order valence-corrected chi connectivity index (χ3v) is 5.97. The van der Waals surface area contributed by atoms with Crippen molar-refractivity contribution in [2.24, 2.45) is 5.73 Å². The van der Waals surface area contributed by atoms with Crippen LogP contribution in [0.4, 0.5) is 5.69 Å². The van der Waals surface area contributed by atoms with Crippen LogP contribution in [0.5, 0.6) is 11.5 Å². The molecule has 3 amide bonds. The van der Waals surface area contributed by atoms with E-state index in [1.165, 1.54) is 20.3 Å². The molecule has 3 rings (SSSR count). The number of thioether (sulfide) groups is 1. The minimum atomic E-state index is -1.01. The molecule has 2 aromatic rings. The fourth-order valence-corrected chi connectivity index (χ4v) is 4.00. The molecule has 0 bridgehead atoms. The van der Waals surface area contributed by atoms with Crippen molar-refractivity contribution in [3.63, 3.8) is 0 Å². The van der Waals surface area contributed by atoms with E-state index < -0.39 is 29.5 Å². The molecule has 3 atom stereocenters. The second-order valence-electron chi connectivity index (χ2n) is 6.97. The quantitative estimate of drug-likeness (QED) is 0.368. The minimum absolute atomic E-state index is 0.0654. The Kier molecular flexibility index (Phi) is 8.39. The molecule has 0 radical (unpaired) electrons. The van der Waals surface area contributed by atoms with Gasteiger partial charge in [0.1, 0.15) is 11.5 Å². The van der Waals surface area contributed by atoms with E-state index in [0.29, 0.717) is 22.2 Å². The molecule has 12 heteroatoms. The molecule has 6 N–H and O–H groups in total. The van der Waals surface area contributed by atoms with Gasteiger partial charge in [-0.2, -0.15) is 0 Å². The number of nitrogens with one attached hydrogen (secondary N) is 4. The maximum atomic E-state index is 12.6. The lowest BCUT2D eigenvalue weighted by Crippen LogP contribution is -2.70. The van der Waals surface area contributed by atoms with Gasteiger partial charge in [0.05, 0.1) is 26.1 Å². The zero-order chi connectivity index (χ0) is 24.0. The van der Waals surface area contributed by atoms with Gasteiger partial charge in [-0.3, -0.25) is 19.7 Å². The van der Waals surface area contributed by atoms with Crippen LogP contribution < -0.4 is 36.5 Å². The topological polar surface area (TPSA) is 144 Å². The predicted molar refractivity (Wildman–Crippen MR) is 126 cm³/mol. The molecule has 1 saturated heterocycles. The zero-order valence-electron chi connectivity index (χ0n) is 17.9. The van der Waals surface area contributed by atoms with Crippen molar-refractivity contribution < 1.29 is 23.9 Å². The van der Waals surface area contributed by atoms with E-state index in [-0.39, 0.29) is 17.2 Å². The molecule has 0 saturated carbocycles. The third-order valence-electron chi connectivity index (χ3n) is 4.70. The standard InChI is InChI=1S/C21H24ClN5O5S/c1-31-14-8-3-11(9-15(14)32-2)19(29)25-17-18(23)26-21(27-20(17)30)33-10-16(28)24-13-6-4-12(22)5-7-13/h3-9,17-18,21,26H,10,23H2,1-2H3,(H,24,28)(H,25,29)(H,27,30). The van der Waals surface area contributed by atoms with Crippen molar-refractivity contribution in [2.45, 2.75) is 17.7 Å². The van der Waals surface area contributed by atoms with E-state index in [2.05, 4.69) is 21.3 Å². The van der Waals surface area contributed by atoms with E-state index in [9.17, 15) is 14.4 Å². The summed E-state index contributed by atoms with van der Waals surface area (Å²) >= 11 is 6.99. The predicted octanol–water partition coefficient (Wildman–Crippen LogP) is 1.12. The molecular formula is C21H24ClN5O5S. The van der Waals surface area contributed by atoms with E-state index in [1.54, 1.807) is 36.4 Å². The van der Waals surface area contributed by atoms with Crippen LogP contribution in [0.25, 0.3) is 0 Å². The van der Waals surface area contributed by atoms with Gasteiger partial charge in [0.2, 0.25) is 11.8 Å². The van der Waals surface area contributed by atoms with Crippen molar-refractivity contribution in [3.8, 4) is 11.5 Å². The van der Waals surface area contributed by atoms with Crippen molar-refractivity contribution in [2.75, 3.05) is 25.3 Å². The van der Waals surface area contributed by atoms with E-state index >= 15 is 0 Å². The molecule has 2 aromatic carbocycles. The van der Waals surface area contributed by atoms with Crippen molar-refractivity contribution in [1.29, 1.82) is 0 Å². The van der Waals surface area contributed by atoms with Crippen molar-refractivity contribution in [3.05, 3.63) is 53.1 Å². The number of methoxy groups -OCH3 is 2. The van der Waals surface area contributed by atoms with Gasteiger partial charge in [-0.05, 0) is 42.5 Å². The number of carbonyl (C=O) groups excluding carboxylic acids is 3. The zero-order valence-corrected chi connectivity index (χ0v) is 19.5. The van der Waals surface area contributed by atoms with E-state index in [4.69, 9.17) is 26.8 Å². The maximum absolute atomic E-state index is 12.6. The Balaban J connectivity index is 1.52. The van der Waals surface area contributed by atoms with E-state index in [0.717, 1.165) is 11.8 Å². The Hall–Kier alpha value is -2.99. The summed E-state index contributed by atoms with van der Waals surface area (Å²) in [4.78, 5) is 37.3. The number of anilines is 1. The summed E-state index contributed by atoms with van der Waals surface area (Å²) in [6.45, 7) is 0. The van der Waals surface area contributed by atoms with Gasteiger partial charge in [0.15, 0.2) is 11.5 Å². The fourth-order valence-electron chi connectivity index (χ4n) is 3.03. The van der Waals surface area contributed by atoms with Gasteiger partial charge in [0.25, 0.3) is 5.91 Å². The average molecular weight is 494 g/mol. The number of rotatable bonds is 8. The number of halogens is 1. The fraction of sp³-hybridized carbons (Fsp3) is 0.286. The molecule has 0 aliphatic carbocycles. The number of nitrogens with two attached hydrogens (primary N) is 1. The molecule has 33 heavy (non-hydrogen) atoms. The van der Waals surface area contributed by atoms with Gasteiger partial charge in [-0.15, -0.1) is 11.8 Å². The second-order valence-corrected chi connectivity index (χ2v) is 8.50. The van der Waals surface area contributed by atoms with Gasteiger partial charge < -0.3 is 31.2 Å². The lowest BCUT2D eigenvalue weighted by atomic mass is 10.1. The van der Waals surface area contributed by atoms with Crippen LogP contribution in [-0.2, 0) is 9.59 Å². The Labute approximate surface area is 199 Å². The lowest BCUT2D eigenvalue weighted by molar-refractivity contribution is -0.125. The molecule has 3 unspecified atom stereocenters. The minimum Gasteiger partial charge on any atom is -0.493 e. The highest BCUT2D eigenvalue weighted by molar-refractivity contribution is 8.00. The number of hydrogen-bond acceptors (Lipinski definition) is 8. The highest BCUT2D eigenvalue weighted by Crippen LogP contribution is 2.27. The molecule has 10 nitrogen and oxygen atoms in total. The first-order valence-corrected chi connectivity index (χ1v) is 11.3. The molecule has 0 aromatic heterocycles. The lowest BCUT2D eigenvalue weighted by Gasteiger charge is -2.35. The van der Waals surface area contributed by atoms with Gasteiger partial charge in [0, 0.05) is 16.3 Å². The Bertz CT molecular complexity index is 1020. The van der Waals surface area contributed by atoms with Gasteiger partial charge in [-0.25, -0.2) is 0 Å². The molecule has 1 fully saturated rings. The summed E-state index contributed by atoms with van der Waals surface area (Å²) in [5.74, 6) is -0.296. The average Bonchev–Trinajstić information content (AvgIpc) is 2.81. The number of amides is 3. The maximum Gasteiger partial charge on any atom is 0.252 e. The van der Waals surface area contributed by atoms with Crippen LogP contribution in [0.3, 0.4) is 0 Å². The number of hydrogen-bond donors (Lipinski definition) is 5. The first-order chi connectivity index (χ1) is 15.8. The van der Waals surface area contributed by atoms with Gasteiger partial charge >= 0.3 is 0 Å². The Morgan fingerprint density at radius 2 is 1.82 bits per heavy atom. The first-order valence-electron chi connectivity index (χ1n) is 9.82. The van der Waals surface area contributed by atoms with Crippen LogP contribution in [0.2, 0.25) is 5.02 Å². The molecule has 1 heterocycles. The summed E-state index contributed by atoms with van der Waals surface area (Å²) in [6, 6.07) is 10.4. The smallest absolute Gasteiger partial charge is 0.252 e. The van der Waals surface area contributed by atoms with E-state index in [1.807, 2.05) is 0 Å². The SMILES string of the molecule is COc1ccc(C(=O)NC2C(=O)NC(SCC(=O)Nc3ccc(Cl)cc3)NC2N)cc1OC. The molecule has 0 spiro atoms. The summed E-state index contributed by atoms with van der Waals surface area (Å²) in [7, 11) is 2.95. The van der Waals surface area contributed by atoms with Crippen LogP contribution in [-0.4, -0.2) is 55.4 Å². The number of carbonyl (C=O) groups is 3. The molecule has 1 aliphatic rings. The van der Waals surface area contributed by atoms with Crippen molar-refractivity contribution >= 4 is 46.8 Å². The van der Waals surface area contributed by atoms with Crippen molar-refractivity contribution in [1.82, 2.24) is 16.0 Å². The van der Waals surface area contributed by atoms with Crippen LogP contribution in [0.15, 0.2) is 42.5 Å². The molecule has 176 valence electrons. The largest absolute Gasteiger partial charge is 0.493 e. The number of benzene rings is 2. The Morgan fingerprint density at radius 1 is 1.12 bits per heavy atom. The summed E-state index contributed by atoms with van der Waals surface area (Å²) < 4.78 is 10.4. The highest BCUT2D eigenvalue weighted by Gasteiger charge is 2.35. The summed E-state index contributed by atoms with van der Waals surface area (Å²) in [6.07, 6.45) is -0.861. The third kappa shape index (κ3) is 6.51. The molecule has 1 aliphatic heterocycles. The highest BCUT2D eigenvalue weighted by atomic mass is 35.5. The molecular weight excluding hydrogens is 470 g/mol. The number of ether oxygens (including phenoxy) is 2. The summed E-state index contributed by atoms with van der Waals surface area (Å²) in [5.41, 5.74) is 6.37. The Morgan fingerprint density at radius 3 is 2.45 bits per heavy atom. The van der Waals surface area contributed by atoms with Crippen LogP contribution in [0.1, 0.15) is 10.4 Å². The first kappa shape index (κ1) is 24.6. The monoisotopic (exact) mass is 493 g/mol.